The van der Waals surface area contributed by atoms with Crippen molar-refractivity contribution in [3.63, 3.8) is 0 Å². The molecule has 2 rings (SSSR count). The van der Waals surface area contributed by atoms with Gasteiger partial charge in [0, 0.05) is 35.4 Å². The van der Waals surface area contributed by atoms with Gasteiger partial charge in [0.05, 0.1) is 10.6 Å². The zero-order valence-electron chi connectivity index (χ0n) is 14.6. The molecule has 26 heavy (non-hydrogen) atoms. The molecule has 0 bridgehead atoms. The second-order valence-electron chi connectivity index (χ2n) is 5.57. The van der Waals surface area contributed by atoms with Gasteiger partial charge in [-0.1, -0.05) is 28.9 Å². The fourth-order valence-electron chi connectivity index (χ4n) is 2.21. The monoisotopic (exact) mass is 571 g/mol. The van der Waals surface area contributed by atoms with Crippen LogP contribution in [-0.2, 0) is 9.84 Å². The summed E-state index contributed by atoms with van der Waals surface area (Å²) in [6.45, 7) is 3.18. The number of benzene rings is 1. The van der Waals surface area contributed by atoms with Gasteiger partial charge in [0.25, 0.3) is 0 Å². The normalized spacial score (nSPS) is 13.0. The van der Waals surface area contributed by atoms with Crippen LogP contribution in [0.3, 0.4) is 0 Å². The predicted molar refractivity (Wildman–Crippen MR) is 124 cm³/mol. The molecule has 0 aliphatic rings. The van der Waals surface area contributed by atoms with Crippen LogP contribution in [0.2, 0.25) is 0 Å². The summed E-state index contributed by atoms with van der Waals surface area (Å²) in [5, 5.41) is 8.36. The molecule has 1 aromatic heterocycles. The molecular formula is C17H23BrIN3O2S2. The molecule has 1 aromatic carbocycles. The maximum absolute atomic E-state index is 12.3. The summed E-state index contributed by atoms with van der Waals surface area (Å²) in [5.74, 6) is 0.981. The molecule has 0 spiro atoms. The molecule has 1 unspecified atom stereocenters. The third-order valence-electron chi connectivity index (χ3n) is 3.66. The van der Waals surface area contributed by atoms with Crippen molar-refractivity contribution in [2.24, 2.45) is 4.99 Å². The third kappa shape index (κ3) is 7.16. The number of hydrogen-bond acceptors (Lipinski definition) is 4. The lowest BCUT2D eigenvalue weighted by Crippen LogP contribution is -2.40. The molecule has 9 heteroatoms. The first kappa shape index (κ1) is 23.4. The van der Waals surface area contributed by atoms with E-state index in [1.807, 2.05) is 6.07 Å². The summed E-state index contributed by atoms with van der Waals surface area (Å²) in [5.41, 5.74) is 0. The van der Waals surface area contributed by atoms with Gasteiger partial charge in [-0.05, 0) is 35.7 Å². The highest BCUT2D eigenvalue weighted by Gasteiger charge is 2.14. The highest BCUT2D eigenvalue weighted by molar-refractivity contribution is 14.0. The van der Waals surface area contributed by atoms with E-state index in [1.54, 1.807) is 42.6 Å². The van der Waals surface area contributed by atoms with Crippen molar-refractivity contribution in [1.29, 1.82) is 0 Å². The van der Waals surface area contributed by atoms with Gasteiger partial charge < -0.3 is 10.6 Å². The summed E-state index contributed by atoms with van der Waals surface area (Å²) in [4.78, 5) is 5.77. The highest BCUT2D eigenvalue weighted by atomic mass is 127. The Morgan fingerprint density at radius 2 is 1.92 bits per heavy atom. The van der Waals surface area contributed by atoms with E-state index >= 15 is 0 Å². The van der Waals surface area contributed by atoms with Crippen molar-refractivity contribution in [2.75, 3.05) is 25.9 Å². The lowest BCUT2D eigenvalue weighted by atomic mass is 10.1. The topological polar surface area (TPSA) is 70.6 Å². The van der Waals surface area contributed by atoms with Gasteiger partial charge >= 0.3 is 0 Å². The van der Waals surface area contributed by atoms with Gasteiger partial charge in [-0.15, -0.1) is 35.3 Å². The number of thiophene rings is 1. The lowest BCUT2D eigenvalue weighted by Gasteiger charge is -2.15. The standard InChI is InChI=1S/C17H22BrN3O2S2.HI/c1-13(16-4-3-10-24-16)12-21-17(19-2)20-9-11-25(22,23)15-7-5-14(18)6-8-15;/h3-8,10,13H,9,11-12H2,1-2H3,(H2,19,20,21);1H. The first-order valence-electron chi connectivity index (χ1n) is 7.88. The maximum atomic E-state index is 12.3. The Morgan fingerprint density at radius 1 is 1.23 bits per heavy atom. The minimum absolute atomic E-state index is 0. The van der Waals surface area contributed by atoms with E-state index in [0.29, 0.717) is 23.3 Å². The summed E-state index contributed by atoms with van der Waals surface area (Å²) < 4.78 is 25.5. The molecule has 0 aliphatic carbocycles. The van der Waals surface area contributed by atoms with Crippen LogP contribution in [0, 0.1) is 0 Å². The van der Waals surface area contributed by atoms with Crippen LogP contribution in [0.15, 0.2) is 56.1 Å². The number of guanidine groups is 1. The fraction of sp³-hybridized carbons (Fsp3) is 0.353. The third-order valence-corrected chi connectivity index (χ3v) is 7.03. The Balaban J connectivity index is 0.00000338. The summed E-state index contributed by atoms with van der Waals surface area (Å²) in [7, 11) is -1.64. The molecule has 0 aliphatic heterocycles. The smallest absolute Gasteiger partial charge is 0.191 e. The van der Waals surface area contributed by atoms with Gasteiger partial charge in [0.1, 0.15) is 0 Å². The number of sulfone groups is 1. The van der Waals surface area contributed by atoms with Gasteiger partial charge in [-0.2, -0.15) is 0 Å². The van der Waals surface area contributed by atoms with Crippen molar-refractivity contribution in [3.8, 4) is 0 Å². The van der Waals surface area contributed by atoms with Gasteiger partial charge in [0.2, 0.25) is 0 Å². The van der Waals surface area contributed by atoms with Crippen molar-refractivity contribution >= 4 is 67.0 Å². The maximum Gasteiger partial charge on any atom is 0.191 e. The molecule has 2 aromatic rings. The Hall–Kier alpha value is -0.650. The van der Waals surface area contributed by atoms with E-state index < -0.39 is 9.84 Å². The average molecular weight is 572 g/mol. The highest BCUT2D eigenvalue weighted by Crippen LogP contribution is 2.19. The van der Waals surface area contributed by atoms with Crippen LogP contribution in [0.4, 0.5) is 0 Å². The number of nitrogens with one attached hydrogen (secondary N) is 2. The van der Waals surface area contributed by atoms with E-state index in [-0.39, 0.29) is 29.7 Å². The van der Waals surface area contributed by atoms with Crippen LogP contribution >= 0.6 is 51.2 Å². The second kappa shape index (κ2) is 11.3. The molecule has 0 radical (unpaired) electrons. The van der Waals surface area contributed by atoms with E-state index in [2.05, 4.69) is 49.9 Å². The van der Waals surface area contributed by atoms with Crippen molar-refractivity contribution in [2.45, 2.75) is 17.7 Å². The number of rotatable bonds is 7. The van der Waals surface area contributed by atoms with Crippen LogP contribution in [-0.4, -0.2) is 40.3 Å². The van der Waals surface area contributed by atoms with Crippen LogP contribution < -0.4 is 10.6 Å². The predicted octanol–water partition coefficient (Wildman–Crippen LogP) is 3.87. The Bertz CT molecular complexity index is 794. The summed E-state index contributed by atoms with van der Waals surface area (Å²) in [6.07, 6.45) is 0. The minimum Gasteiger partial charge on any atom is -0.356 e. The molecule has 0 saturated heterocycles. The average Bonchev–Trinajstić information content (AvgIpc) is 3.12. The Labute approximate surface area is 184 Å². The molecule has 1 atom stereocenters. The zero-order valence-corrected chi connectivity index (χ0v) is 20.2. The number of halogens is 2. The molecule has 0 fully saturated rings. The molecule has 144 valence electrons. The summed E-state index contributed by atoms with van der Waals surface area (Å²) >= 11 is 5.03. The quantitative estimate of drug-likeness (QED) is 0.301. The first-order valence-corrected chi connectivity index (χ1v) is 11.2. The van der Waals surface area contributed by atoms with Gasteiger partial charge in [-0.25, -0.2) is 8.42 Å². The van der Waals surface area contributed by atoms with E-state index in [9.17, 15) is 8.42 Å². The molecule has 2 N–H and O–H groups in total. The molecule has 1 heterocycles. The fourth-order valence-corrected chi connectivity index (χ4v) is 4.41. The van der Waals surface area contributed by atoms with Crippen molar-refractivity contribution in [3.05, 3.63) is 51.1 Å². The number of aliphatic imine (C=N–C) groups is 1. The zero-order chi connectivity index (χ0) is 18.3. The summed E-state index contributed by atoms with van der Waals surface area (Å²) in [6, 6.07) is 10.8. The van der Waals surface area contributed by atoms with E-state index in [0.717, 1.165) is 11.0 Å². The van der Waals surface area contributed by atoms with Crippen LogP contribution in [0.25, 0.3) is 0 Å². The first-order chi connectivity index (χ1) is 11.9. The van der Waals surface area contributed by atoms with E-state index in [4.69, 9.17) is 0 Å². The van der Waals surface area contributed by atoms with E-state index in [1.165, 1.54) is 4.88 Å². The molecule has 0 saturated carbocycles. The van der Waals surface area contributed by atoms with Gasteiger partial charge in [0.15, 0.2) is 15.8 Å². The van der Waals surface area contributed by atoms with Crippen molar-refractivity contribution in [1.82, 2.24) is 10.6 Å². The van der Waals surface area contributed by atoms with Crippen LogP contribution in [0.1, 0.15) is 17.7 Å². The minimum atomic E-state index is -3.31. The second-order valence-corrected chi connectivity index (χ2v) is 9.57. The number of hydrogen-bond donors (Lipinski definition) is 2. The molecule has 0 amide bonds. The van der Waals surface area contributed by atoms with Gasteiger partial charge in [-0.3, -0.25) is 4.99 Å². The Kier molecular flexibility index (Phi) is 10.1. The van der Waals surface area contributed by atoms with Crippen molar-refractivity contribution < 1.29 is 8.42 Å². The SMILES string of the molecule is CN=C(NCCS(=O)(=O)c1ccc(Br)cc1)NCC(C)c1cccs1.I. The Morgan fingerprint density at radius 3 is 2.50 bits per heavy atom. The van der Waals surface area contributed by atoms with Crippen LogP contribution in [0.5, 0.6) is 0 Å². The number of nitrogens with zero attached hydrogens (tertiary/aromatic N) is 1. The largest absolute Gasteiger partial charge is 0.356 e. The molecular weight excluding hydrogens is 549 g/mol. The lowest BCUT2D eigenvalue weighted by molar-refractivity contribution is 0.594. The molecule has 5 nitrogen and oxygen atoms in total.